The van der Waals surface area contributed by atoms with Gasteiger partial charge in [0.1, 0.15) is 5.82 Å². The minimum absolute atomic E-state index is 0.118. The number of hydrogen-bond donors (Lipinski definition) is 1. The first-order valence-corrected chi connectivity index (χ1v) is 6.33. The van der Waals surface area contributed by atoms with E-state index in [0.29, 0.717) is 0 Å². The average molecular weight is 266 g/mol. The van der Waals surface area contributed by atoms with Crippen molar-refractivity contribution in [2.24, 2.45) is 0 Å². The zero-order valence-corrected chi connectivity index (χ0v) is 10.5. The molecule has 18 heavy (non-hydrogen) atoms. The van der Waals surface area contributed by atoms with Crippen LogP contribution in [0.3, 0.4) is 0 Å². The van der Waals surface area contributed by atoms with E-state index in [1.165, 1.54) is 6.07 Å². The number of pyridine rings is 1. The molecule has 1 aromatic carbocycles. The zero-order valence-electron chi connectivity index (χ0n) is 9.79. The van der Waals surface area contributed by atoms with Crippen LogP contribution in [0, 0.1) is 5.82 Å². The zero-order chi connectivity index (χ0) is 12.5. The number of fused-ring (bicyclic) bond motifs is 1. The Hall–Kier alpha value is -1.39. The van der Waals surface area contributed by atoms with Gasteiger partial charge in [0.05, 0.1) is 10.5 Å². The molecular weight excluding hydrogens is 253 g/mol. The number of halogens is 2. The lowest BCUT2D eigenvalue weighted by Crippen LogP contribution is -2.43. The molecule has 2 aromatic rings. The summed E-state index contributed by atoms with van der Waals surface area (Å²) in [6.45, 7) is 3.73. The Balaban J connectivity index is 2.13. The summed E-state index contributed by atoms with van der Waals surface area (Å²) < 4.78 is 13.6. The summed E-state index contributed by atoms with van der Waals surface area (Å²) >= 11 is 5.79. The van der Waals surface area contributed by atoms with Crippen molar-refractivity contribution >= 4 is 28.2 Å². The Morgan fingerprint density at radius 2 is 2.06 bits per heavy atom. The molecule has 0 saturated carbocycles. The van der Waals surface area contributed by atoms with Crippen LogP contribution in [0.2, 0.25) is 5.02 Å². The third-order valence-corrected chi connectivity index (χ3v) is 3.51. The van der Waals surface area contributed by atoms with Crippen molar-refractivity contribution in [2.45, 2.75) is 0 Å². The normalized spacial score (nSPS) is 16.2. The lowest BCUT2D eigenvalue weighted by molar-refractivity contribution is 0.590. The molecule has 0 spiro atoms. The molecule has 1 fully saturated rings. The number of hydrogen-bond acceptors (Lipinski definition) is 3. The number of piperazine rings is 1. The molecule has 94 valence electrons. The van der Waals surface area contributed by atoms with Crippen molar-refractivity contribution in [2.75, 3.05) is 31.1 Å². The maximum Gasteiger partial charge on any atom is 0.142 e. The molecule has 0 radical (unpaired) electrons. The molecule has 0 amide bonds. The fourth-order valence-electron chi connectivity index (χ4n) is 2.31. The molecule has 0 bridgehead atoms. The maximum atomic E-state index is 13.6. The van der Waals surface area contributed by atoms with Crippen LogP contribution in [0.4, 0.5) is 10.1 Å². The van der Waals surface area contributed by atoms with Crippen LogP contribution in [-0.4, -0.2) is 31.2 Å². The van der Waals surface area contributed by atoms with Crippen molar-refractivity contribution in [1.29, 1.82) is 0 Å². The molecule has 5 heteroatoms. The van der Waals surface area contributed by atoms with Crippen LogP contribution in [0.15, 0.2) is 24.4 Å². The molecule has 0 atom stereocenters. The molecule has 0 unspecified atom stereocenters. The van der Waals surface area contributed by atoms with Crippen LogP contribution in [0.1, 0.15) is 0 Å². The highest BCUT2D eigenvalue weighted by Gasteiger charge is 2.14. The van der Waals surface area contributed by atoms with Gasteiger partial charge in [-0.15, -0.1) is 0 Å². The SMILES string of the molecule is Fc1cc2c(N3CCNCC3)ccnc2cc1Cl. The van der Waals surface area contributed by atoms with E-state index in [-0.39, 0.29) is 5.02 Å². The standard InChI is InChI=1S/C13H13ClFN3/c14-10-8-12-9(7-11(10)15)13(1-2-17-12)18-5-3-16-4-6-18/h1-2,7-8,16H,3-6H2. The summed E-state index contributed by atoms with van der Waals surface area (Å²) in [4.78, 5) is 6.49. The fraction of sp³-hybridized carbons (Fsp3) is 0.308. The Morgan fingerprint density at radius 1 is 1.28 bits per heavy atom. The lowest BCUT2D eigenvalue weighted by Gasteiger charge is -2.30. The highest BCUT2D eigenvalue weighted by molar-refractivity contribution is 6.31. The number of nitrogens with one attached hydrogen (secondary N) is 1. The van der Waals surface area contributed by atoms with Gasteiger partial charge in [0.15, 0.2) is 0 Å². The van der Waals surface area contributed by atoms with Crippen molar-refractivity contribution in [3.63, 3.8) is 0 Å². The smallest absolute Gasteiger partial charge is 0.142 e. The molecule has 3 rings (SSSR count). The molecule has 1 aromatic heterocycles. The molecule has 1 saturated heterocycles. The summed E-state index contributed by atoms with van der Waals surface area (Å²) in [5, 5.41) is 4.24. The maximum absolute atomic E-state index is 13.6. The van der Waals surface area contributed by atoms with E-state index in [4.69, 9.17) is 11.6 Å². The first-order valence-electron chi connectivity index (χ1n) is 5.95. The summed E-state index contributed by atoms with van der Waals surface area (Å²) in [7, 11) is 0. The third kappa shape index (κ3) is 2.02. The van der Waals surface area contributed by atoms with Gasteiger partial charge >= 0.3 is 0 Å². The monoisotopic (exact) mass is 265 g/mol. The molecular formula is C13H13ClFN3. The van der Waals surface area contributed by atoms with Crippen LogP contribution in [0.25, 0.3) is 10.9 Å². The summed E-state index contributed by atoms with van der Waals surface area (Å²) in [5.41, 5.74) is 1.76. The van der Waals surface area contributed by atoms with Crippen LogP contribution in [-0.2, 0) is 0 Å². The number of anilines is 1. The van der Waals surface area contributed by atoms with Gasteiger partial charge in [0, 0.05) is 43.4 Å². The van der Waals surface area contributed by atoms with Gasteiger partial charge in [-0.2, -0.15) is 0 Å². The number of rotatable bonds is 1. The van der Waals surface area contributed by atoms with E-state index in [0.717, 1.165) is 42.8 Å². The van der Waals surface area contributed by atoms with Crippen molar-refractivity contribution < 1.29 is 4.39 Å². The molecule has 2 heterocycles. The van der Waals surface area contributed by atoms with Gasteiger partial charge in [-0.1, -0.05) is 11.6 Å². The third-order valence-electron chi connectivity index (χ3n) is 3.22. The minimum atomic E-state index is -0.395. The summed E-state index contributed by atoms with van der Waals surface area (Å²) in [6, 6.07) is 4.99. The minimum Gasteiger partial charge on any atom is -0.368 e. The molecule has 3 nitrogen and oxygen atoms in total. The van der Waals surface area contributed by atoms with Gasteiger partial charge in [-0.05, 0) is 18.2 Å². The predicted molar refractivity (Wildman–Crippen MR) is 71.8 cm³/mol. The summed E-state index contributed by atoms with van der Waals surface area (Å²) in [6.07, 6.45) is 1.74. The van der Waals surface area contributed by atoms with Crippen LogP contribution < -0.4 is 10.2 Å². The predicted octanol–water partition coefficient (Wildman–Crippen LogP) is 2.44. The Kier molecular flexibility index (Phi) is 3.06. The highest BCUT2D eigenvalue weighted by atomic mass is 35.5. The second kappa shape index (κ2) is 4.71. The average Bonchev–Trinajstić information content (AvgIpc) is 2.40. The quantitative estimate of drug-likeness (QED) is 0.858. The van der Waals surface area contributed by atoms with Crippen molar-refractivity contribution in [3.8, 4) is 0 Å². The molecule has 1 N–H and O–H groups in total. The van der Waals surface area contributed by atoms with Gasteiger partial charge in [-0.25, -0.2) is 4.39 Å². The summed E-state index contributed by atoms with van der Waals surface area (Å²) in [5.74, 6) is -0.395. The van der Waals surface area contributed by atoms with Crippen molar-refractivity contribution in [1.82, 2.24) is 10.3 Å². The van der Waals surface area contributed by atoms with Gasteiger partial charge in [0.25, 0.3) is 0 Å². The number of nitrogens with zero attached hydrogens (tertiary/aromatic N) is 2. The molecule has 0 aliphatic carbocycles. The largest absolute Gasteiger partial charge is 0.368 e. The molecule has 1 aliphatic heterocycles. The topological polar surface area (TPSA) is 28.2 Å². The number of benzene rings is 1. The second-order valence-corrected chi connectivity index (χ2v) is 4.76. The van der Waals surface area contributed by atoms with Gasteiger partial charge in [0.2, 0.25) is 0 Å². The van der Waals surface area contributed by atoms with E-state index in [9.17, 15) is 4.39 Å². The van der Waals surface area contributed by atoms with E-state index < -0.39 is 5.82 Å². The number of aromatic nitrogens is 1. The van der Waals surface area contributed by atoms with Gasteiger partial charge in [-0.3, -0.25) is 4.98 Å². The first kappa shape index (κ1) is 11.7. The van der Waals surface area contributed by atoms with Crippen LogP contribution in [0.5, 0.6) is 0 Å². The van der Waals surface area contributed by atoms with Gasteiger partial charge < -0.3 is 10.2 Å². The van der Waals surface area contributed by atoms with E-state index in [2.05, 4.69) is 15.2 Å². The Morgan fingerprint density at radius 3 is 2.83 bits per heavy atom. The van der Waals surface area contributed by atoms with Crippen LogP contribution >= 0.6 is 11.6 Å². The first-order chi connectivity index (χ1) is 8.75. The fourth-order valence-corrected chi connectivity index (χ4v) is 2.47. The van der Waals surface area contributed by atoms with E-state index in [1.54, 1.807) is 12.3 Å². The molecule has 1 aliphatic rings. The Labute approximate surface area is 110 Å². The Bertz CT molecular complexity index is 582. The lowest BCUT2D eigenvalue weighted by atomic mass is 10.1. The van der Waals surface area contributed by atoms with E-state index >= 15 is 0 Å². The van der Waals surface area contributed by atoms with E-state index in [1.807, 2.05) is 6.07 Å². The second-order valence-electron chi connectivity index (χ2n) is 4.35. The highest BCUT2D eigenvalue weighted by Crippen LogP contribution is 2.29. The van der Waals surface area contributed by atoms with Crippen molar-refractivity contribution in [3.05, 3.63) is 35.2 Å².